The average molecular weight is 247 g/mol. The summed E-state index contributed by atoms with van der Waals surface area (Å²) in [4.78, 5) is 15.7. The Bertz CT molecular complexity index is 345. The second-order valence-electron chi connectivity index (χ2n) is 3.03. The largest absolute Gasteiger partial charge is 0.349 e. The molecule has 0 aliphatic carbocycles. The Morgan fingerprint density at radius 1 is 1.50 bits per heavy atom. The summed E-state index contributed by atoms with van der Waals surface area (Å²) in [5.74, 6) is -0.909. The molecule has 0 radical (unpaired) electrons. The van der Waals surface area contributed by atoms with Gasteiger partial charge in [0.25, 0.3) is 0 Å². The van der Waals surface area contributed by atoms with Crippen LogP contribution in [0.1, 0.15) is 13.3 Å². The minimum Gasteiger partial charge on any atom is -0.349 e. The van der Waals surface area contributed by atoms with Crippen molar-refractivity contribution in [2.24, 2.45) is 0 Å². The van der Waals surface area contributed by atoms with Crippen molar-refractivity contribution in [3.63, 3.8) is 0 Å². The van der Waals surface area contributed by atoms with E-state index in [0.717, 1.165) is 0 Å². The molecule has 0 aliphatic heterocycles. The molecule has 16 heavy (non-hydrogen) atoms. The van der Waals surface area contributed by atoms with Crippen molar-refractivity contribution >= 4 is 23.3 Å². The van der Waals surface area contributed by atoms with Gasteiger partial charge in [0.1, 0.15) is 11.2 Å². The minimum atomic E-state index is -0.678. The maximum atomic E-state index is 12.5. The number of hydrogen-bond acceptors (Lipinski definition) is 4. The Labute approximate surface area is 97.7 Å². The van der Waals surface area contributed by atoms with Gasteiger partial charge in [-0.05, 0) is 30.7 Å². The van der Waals surface area contributed by atoms with Crippen LogP contribution in [0.4, 0.5) is 10.1 Å². The first-order chi connectivity index (χ1) is 7.63. The van der Waals surface area contributed by atoms with Gasteiger partial charge in [-0.1, -0.05) is 12.5 Å². The number of hydrazine groups is 1. The second-order valence-corrected chi connectivity index (χ2v) is 3.56. The quantitative estimate of drug-likeness (QED) is 0.618. The van der Waals surface area contributed by atoms with Gasteiger partial charge in [-0.15, -0.1) is 11.6 Å². The van der Waals surface area contributed by atoms with Gasteiger partial charge >= 0.3 is 5.97 Å². The molecule has 1 aromatic rings. The average Bonchev–Trinajstić information content (AvgIpc) is 2.30. The lowest BCUT2D eigenvalue weighted by atomic mass is 10.3. The first-order valence-electron chi connectivity index (χ1n) is 4.74. The molecule has 0 spiro atoms. The molecule has 2 N–H and O–H groups in total. The van der Waals surface area contributed by atoms with Gasteiger partial charge in [-0.3, -0.25) is 5.43 Å². The number of nitrogens with one attached hydrogen (secondary N) is 2. The third kappa shape index (κ3) is 4.04. The summed E-state index contributed by atoms with van der Waals surface area (Å²) in [5.41, 5.74) is 5.36. The molecule has 0 saturated heterocycles. The lowest BCUT2D eigenvalue weighted by Gasteiger charge is -2.09. The summed E-state index contributed by atoms with van der Waals surface area (Å²) < 4.78 is 12.5. The van der Waals surface area contributed by atoms with E-state index >= 15 is 0 Å². The van der Waals surface area contributed by atoms with Crippen molar-refractivity contribution in [1.29, 1.82) is 0 Å². The molecule has 0 amide bonds. The van der Waals surface area contributed by atoms with Crippen LogP contribution in [-0.4, -0.2) is 11.3 Å². The topological polar surface area (TPSA) is 50.4 Å². The predicted octanol–water partition coefficient (Wildman–Crippen LogP) is 2.22. The van der Waals surface area contributed by atoms with Crippen molar-refractivity contribution in [3.05, 3.63) is 30.1 Å². The van der Waals surface area contributed by atoms with Gasteiger partial charge in [0, 0.05) is 0 Å². The molecule has 1 rings (SSSR count). The van der Waals surface area contributed by atoms with Gasteiger partial charge in [0.05, 0.1) is 5.69 Å². The number of carbonyl (C=O) groups excluding carboxylic acids is 1. The zero-order chi connectivity index (χ0) is 12.0. The Morgan fingerprint density at radius 3 is 2.69 bits per heavy atom. The van der Waals surface area contributed by atoms with Crippen LogP contribution in [0, 0.1) is 5.82 Å². The third-order valence-corrected chi connectivity index (χ3v) is 2.29. The van der Waals surface area contributed by atoms with Crippen molar-refractivity contribution < 1.29 is 14.0 Å². The van der Waals surface area contributed by atoms with Crippen LogP contribution in [0.3, 0.4) is 0 Å². The Balaban J connectivity index is 2.30. The highest BCUT2D eigenvalue weighted by Gasteiger charge is 2.14. The maximum Gasteiger partial charge on any atom is 0.344 e. The van der Waals surface area contributed by atoms with E-state index in [0.29, 0.717) is 12.1 Å². The molecule has 1 unspecified atom stereocenters. The number of benzene rings is 1. The smallest absolute Gasteiger partial charge is 0.344 e. The summed E-state index contributed by atoms with van der Waals surface area (Å²) in [6.45, 7) is 1.77. The number of hydrogen-bond donors (Lipinski definition) is 2. The number of anilines is 1. The first-order valence-corrected chi connectivity index (χ1v) is 5.18. The molecule has 0 fully saturated rings. The van der Waals surface area contributed by atoms with Crippen LogP contribution in [-0.2, 0) is 9.63 Å². The van der Waals surface area contributed by atoms with Crippen LogP contribution in [0.2, 0.25) is 0 Å². The Hall–Kier alpha value is -1.33. The monoisotopic (exact) mass is 246 g/mol. The number of halogens is 2. The number of rotatable bonds is 5. The third-order valence-electron chi connectivity index (χ3n) is 1.81. The van der Waals surface area contributed by atoms with Crippen LogP contribution >= 0.6 is 11.6 Å². The number of alkyl halides is 1. The summed E-state index contributed by atoms with van der Waals surface area (Å²) in [5, 5.41) is -0.678. The minimum absolute atomic E-state index is 0.339. The van der Waals surface area contributed by atoms with Gasteiger partial charge in [0.2, 0.25) is 0 Å². The zero-order valence-electron chi connectivity index (χ0n) is 8.67. The highest BCUT2D eigenvalue weighted by Crippen LogP contribution is 2.07. The van der Waals surface area contributed by atoms with Gasteiger partial charge < -0.3 is 4.84 Å². The zero-order valence-corrected chi connectivity index (χ0v) is 9.42. The van der Waals surface area contributed by atoms with E-state index in [1.807, 2.05) is 0 Å². The van der Waals surface area contributed by atoms with Crippen LogP contribution < -0.4 is 11.0 Å². The van der Waals surface area contributed by atoms with Crippen LogP contribution in [0.5, 0.6) is 0 Å². The molecule has 6 heteroatoms. The molecule has 4 nitrogen and oxygen atoms in total. The highest BCUT2D eigenvalue weighted by molar-refractivity contribution is 6.29. The Kier molecular flexibility index (Phi) is 5.01. The summed E-state index contributed by atoms with van der Waals surface area (Å²) in [6, 6.07) is 5.55. The van der Waals surface area contributed by atoms with E-state index in [2.05, 4.69) is 15.9 Å². The molecular weight excluding hydrogens is 235 g/mol. The molecular formula is C10H12ClFN2O2. The highest BCUT2D eigenvalue weighted by atomic mass is 35.5. The van der Waals surface area contributed by atoms with Crippen LogP contribution in [0.25, 0.3) is 0 Å². The maximum absolute atomic E-state index is 12.5. The van der Waals surface area contributed by atoms with Crippen molar-refractivity contribution in [1.82, 2.24) is 5.59 Å². The molecule has 0 aromatic heterocycles. The van der Waals surface area contributed by atoms with Gasteiger partial charge in [-0.25, -0.2) is 9.18 Å². The molecule has 88 valence electrons. The number of carbonyl (C=O) groups is 1. The molecule has 1 atom stereocenters. The van der Waals surface area contributed by atoms with E-state index in [4.69, 9.17) is 11.6 Å². The summed E-state index contributed by atoms with van der Waals surface area (Å²) in [7, 11) is 0. The van der Waals surface area contributed by atoms with Gasteiger partial charge in [-0.2, -0.15) is 0 Å². The fraction of sp³-hybridized carbons (Fsp3) is 0.300. The lowest BCUT2D eigenvalue weighted by Crippen LogP contribution is -2.29. The van der Waals surface area contributed by atoms with Crippen molar-refractivity contribution in [3.8, 4) is 0 Å². The second kappa shape index (κ2) is 6.30. The summed E-state index contributed by atoms with van der Waals surface area (Å²) >= 11 is 5.63. The first kappa shape index (κ1) is 12.7. The lowest BCUT2D eigenvalue weighted by molar-refractivity contribution is -0.149. The van der Waals surface area contributed by atoms with E-state index in [9.17, 15) is 9.18 Å². The van der Waals surface area contributed by atoms with Gasteiger partial charge in [0.15, 0.2) is 0 Å². The van der Waals surface area contributed by atoms with E-state index < -0.39 is 11.3 Å². The fourth-order valence-corrected chi connectivity index (χ4v) is 0.943. The molecule has 0 bridgehead atoms. The predicted molar refractivity (Wildman–Crippen MR) is 59.2 cm³/mol. The van der Waals surface area contributed by atoms with E-state index in [1.165, 1.54) is 24.3 Å². The van der Waals surface area contributed by atoms with Crippen LogP contribution in [0.15, 0.2) is 24.3 Å². The SMILES string of the molecule is CCC(Cl)C(=O)ONNc1ccc(F)cc1. The van der Waals surface area contributed by atoms with Crippen molar-refractivity contribution in [2.45, 2.75) is 18.7 Å². The fourth-order valence-electron chi connectivity index (χ4n) is 0.899. The Morgan fingerprint density at radius 2 is 2.12 bits per heavy atom. The van der Waals surface area contributed by atoms with E-state index in [-0.39, 0.29) is 5.82 Å². The molecule has 0 heterocycles. The summed E-state index contributed by atoms with van der Waals surface area (Å²) in [6.07, 6.45) is 0.485. The normalized spacial score (nSPS) is 11.9. The van der Waals surface area contributed by atoms with E-state index in [1.54, 1.807) is 6.92 Å². The molecule has 0 aliphatic rings. The molecule has 0 saturated carbocycles. The van der Waals surface area contributed by atoms with Crippen molar-refractivity contribution in [2.75, 3.05) is 5.43 Å². The molecule has 1 aromatic carbocycles. The standard InChI is InChI=1S/C10H12ClFN2O2/c1-2-9(11)10(15)16-14-13-8-5-3-7(12)4-6-8/h3-6,9,13-14H,2H2,1H3.